The molecule has 0 aliphatic carbocycles. The lowest BCUT2D eigenvalue weighted by molar-refractivity contribution is 0.413. The largest absolute Gasteiger partial charge is 0.494 e. The molecule has 2 heterocycles. The minimum absolute atomic E-state index is 0.115. The fraction of sp³-hybridized carbons (Fsp3) is 0.0323. The van der Waals surface area contributed by atoms with Crippen LogP contribution in [0.3, 0.4) is 0 Å². The summed E-state index contributed by atoms with van der Waals surface area (Å²) in [7, 11) is 1.62. The van der Waals surface area contributed by atoms with Crippen LogP contribution >= 0.6 is 0 Å². The Bertz CT molecular complexity index is 1740. The minimum Gasteiger partial charge on any atom is -0.494 e. The van der Waals surface area contributed by atoms with Crippen LogP contribution in [-0.2, 0) is 0 Å². The van der Waals surface area contributed by atoms with Gasteiger partial charge in [-0.1, -0.05) is 84.9 Å². The van der Waals surface area contributed by atoms with Gasteiger partial charge >= 0.3 is 0 Å². The van der Waals surface area contributed by atoms with Crippen LogP contribution < -0.4 is 10.3 Å². The molecule has 2 aromatic heterocycles. The molecule has 168 valence electrons. The standard InChI is InChI=1S/C31H22N2O2/c1-35-26-19-18-22-15-10-20-32-28(22)30(26)33-29(23-13-6-3-7-14-23)27(21-11-4-2-5-12-21)24-16-8-9-17-25(24)31(33)34/h2-20H,1H3. The summed E-state index contributed by atoms with van der Waals surface area (Å²) in [5.41, 5.74) is 4.99. The average Bonchev–Trinajstić information content (AvgIpc) is 2.93. The van der Waals surface area contributed by atoms with Gasteiger partial charge in [0.2, 0.25) is 0 Å². The highest BCUT2D eigenvalue weighted by molar-refractivity contribution is 6.04. The number of aromatic nitrogens is 2. The quantitative estimate of drug-likeness (QED) is 0.292. The van der Waals surface area contributed by atoms with Gasteiger partial charge in [0, 0.05) is 22.5 Å². The van der Waals surface area contributed by atoms with E-state index in [1.54, 1.807) is 17.9 Å². The van der Waals surface area contributed by atoms with E-state index in [1.807, 2.05) is 97.1 Å². The average molecular weight is 455 g/mol. The van der Waals surface area contributed by atoms with Crippen molar-refractivity contribution in [2.75, 3.05) is 7.11 Å². The number of hydrogen-bond acceptors (Lipinski definition) is 3. The zero-order chi connectivity index (χ0) is 23.8. The molecule has 6 aromatic rings. The minimum atomic E-state index is -0.115. The third-order valence-electron chi connectivity index (χ3n) is 6.35. The topological polar surface area (TPSA) is 44.1 Å². The summed E-state index contributed by atoms with van der Waals surface area (Å²) in [6.45, 7) is 0. The van der Waals surface area contributed by atoms with Crippen LogP contribution in [0, 0.1) is 0 Å². The van der Waals surface area contributed by atoms with Crippen molar-refractivity contribution in [1.82, 2.24) is 9.55 Å². The molecule has 0 amide bonds. The van der Waals surface area contributed by atoms with Crippen molar-refractivity contribution in [2.45, 2.75) is 0 Å². The summed E-state index contributed by atoms with van der Waals surface area (Å²) >= 11 is 0. The van der Waals surface area contributed by atoms with Crippen LogP contribution in [0.1, 0.15) is 0 Å². The Morgan fingerprint density at radius 1 is 0.686 bits per heavy atom. The predicted molar refractivity (Wildman–Crippen MR) is 142 cm³/mol. The maximum atomic E-state index is 14.3. The molecule has 0 spiro atoms. The Kier molecular flexibility index (Phi) is 5.12. The predicted octanol–water partition coefficient (Wildman–Crippen LogP) is 6.88. The van der Waals surface area contributed by atoms with Crippen LogP contribution in [0.15, 0.2) is 120 Å². The lowest BCUT2D eigenvalue weighted by Crippen LogP contribution is -2.22. The first-order valence-corrected chi connectivity index (χ1v) is 11.5. The molecule has 6 rings (SSSR count). The molecular weight excluding hydrogens is 432 g/mol. The second kappa shape index (κ2) is 8.58. The van der Waals surface area contributed by atoms with Crippen molar-refractivity contribution in [3.63, 3.8) is 0 Å². The Hall–Kier alpha value is -4.70. The van der Waals surface area contributed by atoms with Gasteiger partial charge in [0.1, 0.15) is 11.4 Å². The first-order chi connectivity index (χ1) is 17.3. The first kappa shape index (κ1) is 20.9. The molecule has 0 aliphatic heterocycles. The maximum absolute atomic E-state index is 14.3. The zero-order valence-electron chi connectivity index (χ0n) is 19.2. The second-order valence-electron chi connectivity index (χ2n) is 8.33. The molecule has 0 N–H and O–H groups in total. The lowest BCUT2D eigenvalue weighted by Gasteiger charge is -2.22. The van der Waals surface area contributed by atoms with E-state index < -0.39 is 0 Å². The number of methoxy groups -OCH3 is 1. The number of fused-ring (bicyclic) bond motifs is 2. The number of ether oxygens (including phenoxy) is 1. The summed E-state index contributed by atoms with van der Waals surface area (Å²) in [4.78, 5) is 19.0. The van der Waals surface area contributed by atoms with E-state index in [4.69, 9.17) is 4.74 Å². The van der Waals surface area contributed by atoms with Gasteiger partial charge in [-0.25, -0.2) is 0 Å². The van der Waals surface area contributed by atoms with Crippen LogP contribution in [0.25, 0.3) is 49.7 Å². The molecule has 0 saturated carbocycles. The molecule has 0 saturated heterocycles. The van der Waals surface area contributed by atoms with Crippen molar-refractivity contribution >= 4 is 21.7 Å². The van der Waals surface area contributed by atoms with E-state index >= 15 is 0 Å². The van der Waals surface area contributed by atoms with Crippen molar-refractivity contribution < 1.29 is 4.74 Å². The molecular formula is C31H22N2O2. The van der Waals surface area contributed by atoms with Crippen LogP contribution in [0.4, 0.5) is 0 Å². The molecule has 0 aliphatic rings. The van der Waals surface area contributed by atoms with Gasteiger partial charge in [0.25, 0.3) is 5.56 Å². The number of rotatable bonds is 4. The summed E-state index contributed by atoms with van der Waals surface area (Å²) < 4.78 is 7.60. The van der Waals surface area contributed by atoms with Crippen molar-refractivity contribution in [2.24, 2.45) is 0 Å². The highest BCUT2D eigenvalue weighted by atomic mass is 16.5. The molecule has 4 nitrogen and oxygen atoms in total. The van der Waals surface area contributed by atoms with E-state index in [-0.39, 0.29) is 5.56 Å². The number of benzene rings is 4. The lowest BCUT2D eigenvalue weighted by atomic mass is 9.93. The monoisotopic (exact) mass is 454 g/mol. The van der Waals surface area contributed by atoms with Gasteiger partial charge in [-0.2, -0.15) is 0 Å². The maximum Gasteiger partial charge on any atom is 0.263 e. The van der Waals surface area contributed by atoms with Crippen LogP contribution in [0.5, 0.6) is 5.75 Å². The van der Waals surface area contributed by atoms with Gasteiger partial charge in [-0.05, 0) is 40.8 Å². The van der Waals surface area contributed by atoms with Gasteiger partial charge < -0.3 is 4.74 Å². The van der Waals surface area contributed by atoms with E-state index in [2.05, 4.69) is 17.1 Å². The van der Waals surface area contributed by atoms with Crippen LogP contribution in [0.2, 0.25) is 0 Å². The van der Waals surface area contributed by atoms with E-state index in [9.17, 15) is 4.79 Å². The summed E-state index contributed by atoms with van der Waals surface area (Å²) in [6, 6.07) is 35.8. The van der Waals surface area contributed by atoms with E-state index in [0.717, 1.165) is 33.2 Å². The van der Waals surface area contributed by atoms with Crippen LogP contribution in [-0.4, -0.2) is 16.7 Å². The van der Waals surface area contributed by atoms with Crippen molar-refractivity contribution in [1.29, 1.82) is 0 Å². The fourth-order valence-corrected chi connectivity index (χ4v) is 4.82. The first-order valence-electron chi connectivity index (χ1n) is 11.5. The Balaban J connectivity index is 1.91. The number of nitrogens with zero attached hydrogens (tertiary/aromatic N) is 2. The Morgan fingerprint density at radius 3 is 2.06 bits per heavy atom. The summed E-state index contributed by atoms with van der Waals surface area (Å²) in [6.07, 6.45) is 1.75. The molecule has 0 unspecified atom stereocenters. The Labute approximate surface area is 202 Å². The summed E-state index contributed by atoms with van der Waals surface area (Å²) in [5.74, 6) is 0.588. The molecule has 0 atom stereocenters. The number of pyridine rings is 2. The van der Waals surface area contributed by atoms with E-state index in [1.165, 1.54) is 0 Å². The summed E-state index contributed by atoms with van der Waals surface area (Å²) in [5, 5.41) is 2.48. The third kappa shape index (κ3) is 3.39. The second-order valence-corrected chi connectivity index (χ2v) is 8.33. The zero-order valence-corrected chi connectivity index (χ0v) is 19.2. The SMILES string of the molecule is COc1ccc2cccnc2c1-n1c(-c2ccccc2)c(-c2ccccc2)c2ccccc2c1=O. The van der Waals surface area contributed by atoms with Gasteiger partial charge in [0.15, 0.2) is 0 Å². The molecule has 4 heteroatoms. The highest BCUT2D eigenvalue weighted by Gasteiger charge is 2.24. The number of hydrogen-bond donors (Lipinski definition) is 0. The van der Waals surface area contributed by atoms with Gasteiger partial charge in [-0.15, -0.1) is 0 Å². The highest BCUT2D eigenvalue weighted by Crippen LogP contribution is 2.40. The normalized spacial score (nSPS) is 11.1. The molecule has 35 heavy (non-hydrogen) atoms. The molecule has 0 radical (unpaired) electrons. The molecule has 4 aromatic carbocycles. The van der Waals surface area contributed by atoms with Crippen molar-refractivity contribution in [3.8, 4) is 33.8 Å². The smallest absolute Gasteiger partial charge is 0.263 e. The fourth-order valence-electron chi connectivity index (χ4n) is 4.82. The molecule has 0 bridgehead atoms. The van der Waals surface area contributed by atoms with Crippen molar-refractivity contribution in [3.05, 3.63) is 126 Å². The van der Waals surface area contributed by atoms with Gasteiger partial charge in [-0.3, -0.25) is 14.3 Å². The third-order valence-corrected chi connectivity index (χ3v) is 6.35. The Morgan fingerprint density at radius 2 is 1.34 bits per heavy atom. The van der Waals surface area contributed by atoms with E-state index in [0.29, 0.717) is 22.3 Å². The molecule has 0 fully saturated rings. The van der Waals surface area contributed by atoms with Gasteiger partial charge in [0.05, 0.1) is 18.3 Å².